The molecule has 0 saturated carbocycles. The van der Waals surface area contributed by atoms with Crippen LogP contribution in [0, 0.1) is 12.8 Å². The third-order valence-electron chi connectivity index (χ3n) is 3.05. The van der Waals surface area contributed by atoms with E-state index in [0.717, 1.165) is 36.6 Å². The first kappa shape index (κ1) is 11.4. The molecular weight excluding hydrogens is 204 g/mol. The van der Waals surface area contributed by atoms with E-state index in [-0.39, 0.29) is 13.2 Å². The van der Waals surface area contributed by atoms with Gasteiger partial charge in [0, 0.05) is 31.3 Å². The van der Waals surface area contributed by atoms with Crippen LogP contribution in [0.2, 0.25) is 0 Å². The SMILES string of the molecule is Cc1cc(CO)cc(N2CCC(CO)C2)n1. The molecule has 1 aliphatic rings. The first-order valence-electron chi connectivity index (χ1n) is 5.67. The molecule has 2 heterocycles. The molecule has 2 rings (SSSR count). The van der Waals surface area contributed by atoms with E-state index >= 15 is 0 Å². The lowest BCUT2D eigenvalue weighted by molar-refractivity contribution is 0.238. The molecule has 0 aliphatic carbocycles. The molecule has 0 bridgehead atoms. The third kappa shape index (κ3) is 2.33. The Kier molecular flexibility index (Phi) is 3.41. The second-order valence-corrected chi connectivity index (χ2v) is 4.42. The minimum absolute atomic E-state index is 0.0492. The number of hydrogen-bond donors (Lipinski definition) is 2. The van der Waals surface area contributed by atoms with Crippen LogP contribution in [0.1, 0.15) is 17.7 Å². The molecule has 0 aromatic carbocycles. The lowest BCUT2D eigenvalue weighted by atomic mass is 10.1. The number of rotatable bonds is 3. The molecule has 0 radical (unpaired) electrons. The van der Waals surface area contributed by atoms with Gasteiger partial charge in [0.15, 0.2) is 0 Å². The van der Waals surface area contributed by atoms with Crippen molar-refractivity contribution in [1.82, 2.24) is 4.98 Å². The summed E-state index contributed by atoms with van der Waals surface area (Å²) in [5, 5.41) is 18.2. The maximum absolute atomic E-state index is 9.14. The molecule has 1 aromatic heterocycles. The van der Waals surface area contributed by atoms with E-state index < -0.39 is 0 Å². The Morgan fingerprint density at radius 2 is 2.25 bits per heavy atom. The van der Waals surface area contributed by atoms with E-state index in [1.165, 1.54) is 0 Å². The molecule has 16 heavy (non-hydrogen) atoms. The summed E-state index contributed by atoms with van der Waals surface area (Å²) in [5.41, 5.74) is 1.82. The number of anilines is 1. The van der Waals surface area contributed by atoms with Gasteiger partial charge in [-0.1, -0.05) is 0 Å². The third-order valence-corrected chi connectivity index (χ3v) is 3.05. The zero-order valence-corrected chi connectivity index (χ0v) is 9.56. The average Bonchev–Trinajstić information content (AvgIpc) is 2.76. The number of aryl methyl sites for hydroxylation is 1. The van der Waals surface area contributed by atoms with Crippen molar-refractivity contribution in [2.24, 2.45) is 5.92 Å². The van der Waals surface area contributed by atoms with Gasteiger partial charge in [-0.2, -0.15) is 0 Å². The van der Waals surface area contributed by atoms with Crippen LogP contribution < -0.4 is 4.90 Å². The van der Waals surface area contributed by atoms with Crippen molar-refractivity contribution in [2.45, 2.75) is 20.0 Å². The molecular formula is C12H18N2O2. The molecule has 0 amide bonds. The van der Waals surface area contributed by atoms with Gasteiger partial charge in [0.1, 0.15) is 5.82 Å². The van der Waals surface area contributed by atoms with Crippen LogP contribution in [0.15, 0.2) is 12.1 Å². The smallest absolute Gasteiger partial charge is 0.129 e. The van der Waals surface area contributed by atoms with E-state index in [9.17, 15) is 0 Å². The Labute approximate surface area is 95.5 Å². The minimum Gasteiger partial charge on any atom is -0.396 e. The topological polar surface area (TPSA) is 56.6 Å². The van der Waals surface area contributed by atoms with E-state index in [2.05, 4.69) is 9.88 Å². The molecule has 1 atom stereocenters. The molecule has 2 N–H and O–H groups in total. The molecule has 1 saturated heterocycles. The van der Waals surface area contributed by atoms with Crippen LogP contribution in [0.25, 0.3) is 0 Å². The molecule has 1 aliphatic heterocycles. The first-order chi connectivity index (χ1) is 7.72. The Balaban J connectivity index is 2.17. The van der Waals surface area contributed by atoms with Crippen molar-refractivity contribution in [1.29, 1.82) is 0 Å². The van der Waals surface area contributed by atoms with Crippen LogP contribution in [0.5, 0.6) is 0 Å². The average molecular weight is 222 g/mol. The van der Waals surface area contributed by atoms with Gasteiger partial charge in [0.05, 0.1) is 6.61 Å². The quantitative estimate of drug-likeness (QED) is 0.790. The van der Waals surface area contributed by atoms with Gasteiger partial charge in [-0.15, -0.1) is 0 Å². The Hall–Kier alpha value is -1.13. The number of hydrogen-bond acceptors (Lipinski definition) is 4. The van der Waals surface area contributed by atoms with Crippen molar-refractivity contribution in [2.75, 3.05) is 24.6 Å². The van der Waals surface area contributed by atoms with Crippen LogP contribution in [-0.2, 0) is 6.61 Å². The highest BCUT2D eigenvalue weighted by Crippen LogP contribution is 2.23. The van der Waals surface area contributed by atoms with Gasteiger partial charge in [0.2, 0.25) is 0 Å². The van der Waals surface area contributed by atoms with Crippen LogP contribution in [0.4, 0.5) is 5.82 Å². The highest BCUT2D eigenvalue weighted by atomic mass is 16.3. The highest BCUT2D eigenvalue weighted by Gasteiger charge is 2.22. The normalized spacial score (nSPS) is 20.4. The summed E-state index contributed by atoms with van der Waals surface area (Å²) in [6, 6.07) is 3.82. The Morgan fingerprint density at radius 3 is 2.88 bits per heavy atom. The van der Waals surface area contributed by atoms with Gasteiger partial charge < -0.3 is 15.1 Å². The van der Waals surface area contributed by atoms with Crippen LogP contribution >= 0.6 is 0 Å². The van der Waals surface area contributed by atoms with Crippen molar-refractivity contribution in [3.63, 3.8) is 0 Å². The maximum Gasteiger partial charge on any atom is 0.129 e. The van der Waals surface area contributed by atoms with E-state index in [4.69, 9.17) is 10.2 Å². The maximum atomic E-state index is 9.14. The van der Waals surface area contributed by atoms with Gasteiger partial charge in [-0.05, 0) is 31.0 Å². The highest BCUT2D eigenvalue weighted by molar-refractivity contribution is 5.43. The summed E-state index contributed by atoms with van der Waals surface area (Å²) in [7, 11) is 0. The van der Waals surface area contributed by atoms with E-state index in [1.807, 2.05) is 19.1 Å². The Bertz CT molecular complexity index is 368. The number of nitrogens with zero attached hydrogens (tertiary/aromatic N) is 2. The van der Waals surface area contributed by atoms with Crippen LogP contribution in [0.3, 0.4) is 0 Å². The largest absolute Gasteiger partial charge is 0.396 e. The number of aliphatic hydroxyl groups is 2. The summed E-state index contributed by atoms with van der Waals surface area (Å²) in [5.74, 6) is 1.28. The fraction of sp³-hybridized carbons (Fsp3) is 0.583. The van der Waals surface area contributed by atoms with Crippen molar-refractivity contribution in [3.05, 3.63) is 23.4 Å². The predicted molar refractivity (Wildman–Crippen MR) is 62.3 cm³/mol. The molecule has 4 nitrogen and oxygen atoms in total. The molecule has 88 valence electrons. The number of aliphatic hydroxyl groups excluding tert-OH is 2. The lowest BCUT2D eigenvalue weighted by Crippen LogP contribution is -2.22. The fourth-order valence-electron chi connectivity index (χ4n) is 2.16. The molecule has 1 unspecified atom stereocenters. The predicted octanol–water partition coefficient (Wildman–Crippen LogP) is 0.701. The summed E-state index contributed by atoms with van der Waals surface area (Å²) in [6.45, 7) is 4.02. The van der Waals surface area contributed by atoms with Crippen molar-refractivity contribution >= 4 is 5.82 Å². The monoisotopic (exact) mass is 222 g/mol. The number of pyridine rings is 1. The second kappa shape index (κ2) is 4.80. The molecule has 1 aromatic rings. The van der Waals surface area contributed by atoms with Crippen LogP contribution in [-0.4, -0.2) is 34.9 Å². The summed E-state index contributed by atoms with van der Waals surface area (Å²) in [6.07, 6.45) is 1.01. The van der Waals surface area contributed by atoms with Gasteiger partial charge in [-0.3, -0.25) is 0 Å². The zero-order chi connectivity index (χ0) is 11.5. The minimum atomic E-state index is 0.0492. The Morgan fingerprint density at radius 1 is 1.44 bits per heavy atom. The number of aromatic nitrogens is 1. The summed E-state index contributed by atoms with van der Waals surface area (Å²) in [4.78, 5) is 6.64. The molecule has 1 fully saturated rings. The first-order valence-corrected chi connectivity index (χ1v) is 5.67. The molecule has 0 spiro atoms. The summed E-state index contributed by atoms with van der Waals surface area (Å²) >= 11 is 0. The standard InChI is InChI=1S/C12H18N2O2/c1-9-4-11(8-16)5-12(13-9)14-3-2-10(6-14)7-15/h4-5,10,15-16H,2-3,6-8H2,1H3. The van der Waals surface area contributed by atoms with E-state index in [1.54, 1.807) is 0 Å². The van der Waals surface area contributed by atoms with Gasteiger partial charge >= 0.3 is 0 Å². The van der Waals surface area contributed by atoms with Gasteiger partial charge in [-0.25, -0.2) is 4.98 Å². The second-order valence-electron chi connectivity index (χ2n) is 4.42. The van der Waals surface area contributed by atoms with Gasteiger partial charge in [0.25, 0.3) is 0 Å². The van der Waals surface area contributed by atoms with Crippen molar-refractivity contribution in [3.8, 4) is 0 Å². The van der Waals surface area contributed by atoms with E-state index in [0.29, 0.717) is 5.92 Å². The summed E-state index contributed by atoms with van der Waals surface area (Å²) < 4.78 is 0. The fourth-order valence-corrected chi connectivity index (χ4v) is 2.16. The lowest BCUT2D eigenvalue weighted by Gasteiger charge is -2.18. The zero-order valence-electron chi connectivity index (χ0n) is 9.56. The van der Waals surface area contributed by atoms with Crippen molar-refractivity contribution < 1.29 is 10.2 Å². The molecule has 4 heteroatoms.